The molecule has 0 aromatic carbocycles. The molecular weight excluding hydrogens is 322 g/mol. The Labute approximate surface area is 146 Å². The van der Waals surface area contributed by atoms with Crippen LogP contribution in [0.2, 0.25) is 0 Å². The second kappa shape index (κ2) is 6.70. The molecule has 0 bridgehead atoms. The van der Waals surface area contributed by atoms with Crippen LogP contribution in [0, 0.1) is 6.92 Å². The molecule has 1 fully saturated rings. The largest absolute Gasteiger partial charge is 0.462 e. The summed E-state index contributed by atoms with van der Waals surface area (Å²) in [5, 5.41) is 4.21. The molecule has 1 aliphatic rings. The van der Waals surface area contributed by atoms with Crippen molar-refractivity contribution in [1.82, 2.24) is 19.5 Å². The lowest BCUT2D eigenvalue weighted by atomic mass is 10.2. The fraction of sp³-hybridized carbons (Fsp3) is 0.529. The third kappa shape index (κ3) is 3.04. The summed E-state index contributed by atoms with van der Waals surface area (Å²) in [6.45, 7) is 9.25. The summed E-state index contributed by atoms with van der Waals surface area (Å²) in [5.74, 6) is 0.0710. The van der Waals surface area contributed by atoms with Crippen LogP contribution < -0.4 is 4.90 Å². The van der Waals surface area contributed by atoms with E-state index in [0.717, 1.165) is 18.7 Å². The Morgan fingerprint density at radius 1 is 1.36 bits per heavy atom. The molecule has 1 aliphatic heterocycles. The maximum Gasteiger partial charge on any atom is 0.343 e. The lowest BCUT2D eigenvalue weighted by molar-refractivity contribution is 0.0528. The highest BCUT2D eigenvalue weighted by atomic mass is 16.5. The third-order valence-corrected chi connectivity index (χ3v) is 4.29. The number of esters is 1. The molecule has 3 heterocycles. The van der Waals surface area contributed by atoms with Crippen molar-refractivity contribution in [2.45, 2.75) is 40.2 Å². The van der Waals surface area contributed by atoms with Gasteiger partial charge in [0.2, 0.25) is 0 Å². The van der Waals surface area contributed by atoms with Crippen LogP contribution in [0.15, 0.2) is 12.3 Å². The molecule has 0 saturated carbocycles. The fourth-order valence-corrected chi connectivity index (χ4v) is 3.02. The Balaban J connectivity index is 2.03. The number of hydrogen-bond acceptors (Lipinski definition) is 5. The molecule has 0 atom stereocenters. The number of carbonyl (C=O) groups excluding carboxylic acids is 2. The van der Waals surface area contributed by atoms with E-state index < -0.39 is 5.97 Å². The molecule has 0 radical (unpaired) electrons. The summed E-state index contributed by atoms with van der Waals surface area (Å²) in [6, 6.07) is 1.89. The first-order chi connectivity index (χ1) is 11.9. The van der Waals surface area contributed by atoms with E-state index in [1.807, 2.05) is 31.7 Å². The minimum Gasteiger partial charge on any atom is -0.462 e. The van der Waals surface area contributed by atoms with Gasteiger partial charge in [-0.05, 0) is 34.1 Å². The molecule has 0 spiro atoms. The number of aromatic nitrogens is 3. The van der Waals surface area contributed by atoms with E-state index >= 15 is 0 Å². The Morgan fingerprint density at radius 3 is 2.80 bits per heavy atom. The molecule has 8 nitrogen and oxygen atoms in total. The number of anilines is 1. The third-order valence-electron chi connectivity index (χ3n) is 4.29. The monoisotopic (exact) mass is 345 g/mol. The lowest BCUT2D eigenvalue weighted by Crippen LogP contribution is -2.52. The quantitative estimate of drug-likeness (QED) is 0.794. The molecule has 0 unspecified atom stereocenters. The van der Waals surface area contributed by atoms with E-state index in [-0.39, 0.29) is 18.7 Å². The lowest BCUT2D eigenvalue weighted by Gasteiger charge is -2.37. The molecule has 25 heavy (non-hydrogen) atoms. The van der Waals surface area contributed by atoms with Crippen LogP contribution in [0.4, 0.5) is 10.6 Å². The van der Waals surface area contributed by atoms with Crippen molar-refractivity contribution in [3.05, 3.63) is 23.5 Å². The van der Waals surface area contributed by atoms with Crippen molar-refractivity contribution in [1.29, 1.82) is 0 Å². The van der Waals surface area contributed by atoms with E-state index in [4.69, 9.17) is 4.74 Å². The number of fused-ring (bicyclic) bond motifs is 1. The first-order valence-corrected chi connectivity index (χ1v) is 8.54. The van der Waals surface area contributed by atoms with Crippen molar-refractivity contribution in [2.24, 2.45) is 0 Å². The minimum absolute atomic E-state index is 0.0605. The van der Waals surface area contributed by atoms with Crippen molar-refractivity contribution >= 4 is 23.5 Å². The smallest absolute Gasteiger partial charge is 0.343 e. The van der Waals surface area contributed by atoms with E-state index in [1.165, 1.54) is 6.20 Å². The van der Waals surface area contributed by atoms with Gasteiger partial charge in [-0.2, -0.15) is 5.10 Å². The topological polar surface area (TPSA) is 80.0 Å². The van der Waals surface area contributed by atoms with Crippen LogP contribution in [0.25, 0.3) is 5.65 Å². The van der Waals surface area contributed by atoms with Crippen LogP contribution in [0.3, 0.4) is 0 Å². The number of hydrogen-bond donors (Lipinski definition) is 0. The zero-order valence-electron chi connectivity index (χ0n) is 15.0. The van der Waals surface area contributed by atoms with Crippen molar-refractivity contribution in [3.63, 3.8) is 0 Å². The predicted molar refractivity (Wildman–Crippen MR) is 92.9 cm³/mol. The van der Waals surface area contributed by atoms with Gasteiger partial charge < -0.3 is 9.64 Å². The number of nitrogens with zero attached hydrogens (tertiary/aromatic N) is 5. The van der Waals surface area contributed by atoms with Crippen molar-refractivity contribution < 1.29 is 14.3 Å². The van der Waals surface area contributed by atoms with Crippen LogP contribution in [-0.4, -0.2) is 57.2 Å². The first kappa shape index (κ1) is 17.2. The molecule has 2 aromatic rings. The molecule has 134 valence electrons. The maximum atomic E-state index is 12.8. The van der Waals surface area contributed by atoms with Gasteiger partial charge in [-0.1, -0.05) is 0 Å². The van der Waals surface area contributed by atoms with Crippen LogP contribution in [-0.2, 0) is 4.74 Å². The van der Waals surface area contributed by atoms with Gasteiger partial charge in [0.05, 0.1) is 12.8 Å². The summed E-state index contributed by atoms with van der Waals surface area (Å²) in [6.07, 6.45) is 2.33. The summed E-state index contributed by atoms with van der Waals surface area (Å²) < 4.78 is 6.66. The highest BCUT2D eigenvalue weighted by molar-refractivity contribution is 5.97. The molecular formula is C17H23N5O3. The van der Waals surface area contributed by atoms with Crippen LogP contribution in [0.5, 0.6) is 0 Å². The van der Waals surface area contributed by atoms with Gasteiger partial charge in [0.25, 0.3) is 0 Å². The van der Waals surface area contributed by atoms with Gasteiger partial charge in [0.15, 0.2) is 5.65 Å². The number of aryl methyl sites for hydroxylation is 1. The highest BCUT2D eigenvalue weighted by Gasteiger charge is 2.30. The normalized spacial score (nSPS) is 15.3. The molecule has 2 aromatic heterocycles. The average Bonchev–Trinajstić information content (AvgIpc) is 2.99. The van der Waals surface area contributed by atoms with Crippen molar-refractivity contribution in [2.75, 3.05) is 24.6 Å². The molecule has 2 amide bonds. The molecule has 1 saturated heterocycles. The number of carbonyl (C=O) groups is 2. The Kier molecular flexibility index (Phi) is 4.61. The molecule has 0 N–H and O–H groups in total. The predicted octanol–water partition coefficient (Wildman–Crippen LogP) is 2.25. The Morgan fingerprint density at radius 2 is 2.12 bits per heavy atom. The van der Waals surface area contributed by atoms with E-state index in [0.29, 0.717) is 23.6 Å². The second-order valence-electron chi connectivity index (χ2n) is 6.34. The van der Waals surface area contributed by atoms with Crippen LogP contribution in [0.1, 0.15) is 43.2 Å². The number of amides is 2. The van der Waals surface area contributed by atoms with Gasteiger partial charge in [-0.25, -0.2) is 19.1 Å². The maximum absolute atomic E-state index is 12.8. The standard InChI is InChI=1S/C17H23N5O3/c1-5-25-16(23)13-10-18-22-12(4)9-14(19-15(13)22)21-8-6-7-20(11(2)3)17(21)24/h9-11H,5-8H2,1-4H3. The summed E-state index contributed by atoms with van der Waals surface area (Å²) in [5.41, 5.74) is 1.50. The molecule has 0 aliphatic carbocycles. The minimum atomic E-state index is -0.463. The van der Waals surface area contributed by atoms with Gasteiger partial charge in [-0.3, -0.25) is 4.90 Å². The van der Waals surface area contributed by atoms with Crippen molar-refractivity contribution in [3.8, 4) is 0 Å². The molecule has 3 rings (SSSR count). The summed E-state index contributed by atoms with van der Waals surface area (Å²) in [4.78, 5) is 32.9. The zero-order chi connectivity index (χ0) is 18.1. The van der Waals surface area contributed by atoms with Gasteiger partial charge in [0.1, 0.15) is 11.4 Å². The summed E-state index contributed by atoms with van der Waals surface area (Å²) in [7, 11) is 0. The van der Waals surface area contributed by atoms with Gasteiger partial charge in [-0.15, -0.1) is 0 Å². The SMILES string of the molecule is CCOC(=O)c1cnn2c(C)cc(N3CCCN(C(C)C)C3=O)nc12. The highest BCUT2D eigenvalue weighted by Crippen LogP contribution is 2.23. The van der Waals surface area contributed by atoms with Crippen LogP contribution >= 0.6 is 0 Å². The number of urea groups is 1. The summed E-state index contributed by atoms with van der Waals surface area (Å²) >= 11 is 0. The molecule has 8 heteroatoms. The first-order valence-electron chi connectivity index (χ1n) is 8.54. The Hall–Kier alpha value is -2.64. The van der Waals surface area contributed by atoms with E-state index in [2.05, 4.69) is 10.1 Å². The zero-order valence-corrected chi connectivity index (χ0v) is 15.0. The van der Waals surface area contributed by atoms with E-state index in [1.54, 1.807) is 16.3 Å². The average molecular weight is 345 g/mol. The second-order valence-corrected chi connectivity index (χ2v) is 6.34. The Bertz CT molecular complexity index is 814. The van der Waals surface area contributed by atoms with E-state index in [9.17, 15) is 9.59 Å². The number of ether oxygens (including phenoxy) is 1. The fourth-order valence-electron chi connectivity index (χ4n) is 3.02. The number of rotatable bonds is 4. The van der Waals surface area contributed by atoms with Gasteiger partial charge >= 0.3 is 12.0 Å². The van der Waals surface area contributed by atoms with Gasteiger partial charge in [0, 0.05) is 30.9 Å².